The van der Waals surface area contributed by atoms with Gasteiger partial charge in [0, 0.05) is 19.1 Å². The number of hydrogen-bond acceptors (Lipinski definition) is 4. The molecule has 1 amide bonds. The van der Waals surface area contributed by atoms with E-state index in [9.17, 15) is 10.1 Å². The second-order valence-electron chi connectivity index (χ2n) is 6.59. The SMILES string of the molecule is COc1ccc(/C=C/CN2CC(=O)N(c3ccccc3C#N)C[C@@H]2C)cc1. The maximum Gasteiger partial charge on any atom is 0.241 e. The standard InChI is InChI=1S/C22H23N3O2/c1-17-15-25(21-8-4-3-7-19(21)14-23)22(26)16-24(17)13-5-6-18-9-11-20(27-2)12-10-18/h3-12,17H,13,15-16H2,1-2H3/b6-5+/t17-/m0/s1. The molecule has 5 heteroatoms. The van der Waals surface area contributed by atoms with Crippen LogP contribution in [0.4, 0.5) is 5.69 Å². The van der Waals surface area contributed by atoms with E-state index in [-0.39, 0.29) is 11.9 Å². The van der Waals surface area contributed by atoms with Gasteiger partial charge in [0.25, 0.3) is 0 Å². The number of ether oxygens (including phenoxy) is 1. The number of para-hydroxylation sites is 1. The Bertz CT molecular complexity index is 868. The summed E-state index contributed by atoms with van der Waals surface area (Å²) in [4.78, 5) is 16.5. The summed E-state index contributed by atoms with van der Waals surface area (Å²) in [5.41, 5.74) is 2.33. The van der Waals surface area contributed by atoms with Crippen LogP contribution in [-0.4, -0.2) is 43.6 Å². The highest BCUT2D eigenvalue weighted by Gasteiger charge is 2.30. The predicted molar refractivity (Wildman–Crippen MR) is 107 cm³/mol. The van der Waals surface area contributed by atoms with Crippen molar-refractivity contribution in [3.8, 4) is 11.8 Å². The summed E-state index contributed by atoms with van der Waals surface area (Å²) in [6, 6.07) is 17.5. The van der Waals surface area contributed by atoms with Crippen LogP contribution >= 0.6 is 0 Å². The number of amides is 1. The Balaban J connectivity index is 1.64. The molecule has 5 nitrogen and oxygen atoms in total. The minimum absolute atomic E-state index is 0.0219. The van der Waals surface area contributed by atoms with Gasteiger partial charge in [-0.05, 0) is 36.8 Å². The van der Waals surface area contributed by atoms with Crippen molar-refractivity contribution in [2.24, 2.45) is 0 Å². The molecule has 1 aliphatic heterocycles. The first-order valence-corrected chi connectivity index (χ1v) is 8.96. The van der Waals surface area contributed by atoms with Gasteiger partial charge in [0.2, 0.25) is 5.91 Å². The average Bonchev–Trinajstić information content (AvgIpc) is 2.70. The van der Waals surface area contributed by atoms with Crippen LogP contribution in [0.15, 0.2) is 54.6 Å². The zero-order valence-corrected chi connectivity index (χ0v) is 15.6. The molecule has 0 unspecified atom stereocenters. The van der Waals surface area contributed by atoms with E-state index in [1.807, 2.05) is 48.5 Å². The lowest BCUT2D eigenvalue weighted by Crippen LogP contribution is -2.55. The fourth-order valence-electron chi connectivity index (χ4n) is 3.22. The van der Waals surface area contributed by atoms with Crippen molar-refractivity contribution in [2.75, 3.05) is 31.6 Å². The molecule has 2 aromatic rings. The second-order valence-corrected chi connectivity index (χ2v) is 6.59. The van der Waals surface area contributed by atoms with Gasteiger partial charge in [-0.15, -0.1) is 0 Å². The molecule has 27 heavy (non-hydrogen) atoms. The normalized spacial score (nSPS) is 17.9. The fourth-order valence-corrected chi connectivity index (χ4v) is 3.22. The van der Waals surface area contributed by atoms with E-state index in [1.54, 1.807) is 18.1 Å². The Morgan fingerprint density at radius 1 is 1.22 bits per heavy atom. The Kier molecular flexibility index (Phi) is 5.90. The van der Waals surface area contributed by atoms with Gasteiger partial charge in [0.05, 0.1) is 24.9 Å². The first-order valence-electron chi connectivity index (χ1n) is 8.96. The maximum atomic E-state index is 12.7. The Hall–Kier alpha value is -3.10. The van der Waals surface area contributed by atoms with Gasteiger partial charge in [0.15, 0.2) is 0 Å². The lowest BCUT2D eigenvalue weighted by Gasteiger charge is -2.39. The molecule has 0 bridgehead atoms. The molecule has 1 saturated heterocycles. The van der Waals surface area contributed by atoms with E-state index in [4.69, 9.17) is 4.74 Å². The van der Waals surface area contributed by atoms with E-state index in [0.717, 1.165) is 11.3 Å². The monoisotopic (exact) mass is 361 g/mol. The van der Waals surface area contributed by atoms with Crippen molar-refractivity contribution >= 4 is 17.7 Å². The largest absolute Gasteiger partial charge is 0.497 e. The van der Waals surface area contributed by atoms with Crippen molar-refractivity contribution in [3.05, 3.63) is 65.7 Å². The summed E-state index contributed by atoms with van der Waals surface area (Å²) in [5, 5.41) is 9.30. The second kappa shape index (κ2) is 8.52. The zero-order valence-electron chi connectivity index (χ0n) is 15.6. The van der Waals surface area contributed by atoms with Crippen molar-refractivity contribution in [2.45, 2.75) is 13.0 Å². The highest BCUT2D eigenvalue weighted by atomic mass is 16.5. The molecule has 0 spiro atoms. The smallest absolute Gasteiger partial charge is 0.241 e. The Labute approximate surface area is 160 Å². The van der Waals surface area contributed by atoms with Gasteiger partial charge in [-0.3, -0.25) is 9.69 Å². The van der Waals surface area contributed by atoms with Crippen LogP contribution in [0.25, 0.3) is 6.08 Å². The third kappa shape index (κ3) is 4.36. The van der Waals surface area contributed by atoms with Gasteiger partial charge in [0.1, 0.15) is 11.8 Å². The zero-order chi connectivity index (χ0) is 19.2. The summed E-state index contributed by atoms with van der Waals surface area (Å²) in [6.07, 6.45) is 4.12. The number of carbonyl (C=O) groups excluding carboxylic acids is 1. The van der Waals surface area contributed by atoms with E-state index >= 15 is 0 Å². The number of benzene rings is 2. The number of nitrogens with zero attached hydrogens (tertiary/aromatic N) is 3. The summed E-state index contributed by atoms with van der Waals surface area (Å²) in [7, 11) is 1.65. The molecule has 0 radical (unpaired) electrons. The summed E-state index contributed by atoms with van der Waals surface area (Å²) < 4.78 is 5.16. The van der Waals surface area contributed by atoms with Crippen molar-refractivity contribution in [3.63, 3.8) is 0 Å². The molecule has 0 aliphatic carbocycles. The highest BCUT2D eigenvalue weighted by molar-refractivity contribution is 5.96. The molecule has 1 aliphatic rings. The highest BCUT2D eigenvalue weighted by Crippen LogP contribution is 2.24. The molecule has 138 valence electrons. The topological polar surface area (TPSA) is 56.6 Å². The molecule has 1 atom stereocenters. The molecule has 0 aromatic heterocycles. The third-order valence-electron chi connectivity index (χ3n) is 4.79. The molecule has 1 fully saturated rings. The van der Waals surface area contributed by atoms with E-state index in [1.165, 1.54) is 0 Å². The van der Waals surface area contributed by atoms with E-state index in [2.05, 4.69) is 24.0 Å². The van der Waals surface area contributed by atoms with Gasteiger partial charge >= 0.3 is 0 Å². The number of methoxy groups -OCH3 is 1. The van der Waals surface area contributed by atoms with Crippen molar-refractivity contribution in [1.82, 2.24) is 4.90 Å². The minimum Gasteiger partial charge on any atom is -0.497 e. The van der Waals surface area contributed by atoms with E-state index in [0.29, 0.717) is 30.9 Å². The van der Waals surface area contributed by atoms with Crippen LogP contribution in [-0.2, 0) is 4.79 Å². The average molecular weight is 361 g/mol. The minimum atomic E-state index is 0.0219. The van der Waals surface area contributed by atoms with E-state index < -0.39 is 0 Å². The number of anilines is 1. The van der Waals surface area contributed by atoms with Crippen molar-refractivity contribution < 1.29 is 9.53 Å². The van der Waals surface area contributed by atoms with Crippen LogP contribution in [0.3, 0.4) is 0 Å². The number of nitriles is 1. The molecule has 0 saturated carbocycles. The van der Waals surface area contributed by atoms with Crippen LogP contribution in [0.2, 0.25) is 0 Å². The molecule has 3 rings (SSSR count). The summed E-state index contributed by atoms with van der Waals surface area (Å²) in [6.45, 7) is 3.73. The quantitative estimate of drug-likeness (QED) is 0.820. The number of carbonyl (C=O) groups is 1. The molecular weight excluding hydrogens is 338 g/mol. The number of hydrogen-bond donors (Lipinski definition) is 0. The van der Waals surface area contributed by atoms with Gasteiger partial charge in [-0.2, -0.15) is 5.26 Å². The summed E-state index contributed by atoms with van der Waals surface area (Å²) in [5.74, 6) is 0.855. The predicted octanol–water partition coefficient (Wildman–Crippen LogP) is 3.32. The number of rotatable bonds is 5. The summed E-state index contributed by atoms with van der Waals surface area (Å²) >= 11 is 0. The van der Waals surface area contributed by atoms with Crippen LogP contribution < -0.4 is 9.64 Å². The molecule has 0 N–H and O–H groups in total. The first-order chi connectivity index (χ1) is 13.1. The van der Waals surface area contributed by atoms with Gasteiger partial charge in [-0.25, -0.2) is 0 Å². The molecular formula is C22H23N3O2. The third-order valence-corrected chi connectivity index (χ3v) is 4.79. The van der Waals surface area contributed by atoms with Gasteiger partial charge in [-0.1, -0.05) is 36.4 Å². The lowest BCUT2D eigenvalue weighted by atomic mass is 10.1. The molecule has 2 aromatic carbocycles. The Morgan fingerprint density at radius 2 is 1.96 bits per heavy atom. The van der Waals surface area contributed by atoms with Gasteiger partial charge < -0.3 is 9.64 Å². The first kappa shape index (κ1) is 18.7. The Morgan fingerprint density at radius 3 is 2.67 bits per heavy atom. The lowest BCUT2D eigenvalue weighted by molar-refractivity contribution is -0.122. The van der Waals surface area contributed by atoms with Crippen LogP contribution in [0, 0.1) is 11.3 Å². The maximum absolute atomic E-state index is 12.7. The molecule has 1 heterocycles. The fraction of sp³-hybridized carbons (Fsp3) is 0.273. The van der Waals surface area contributed by atoms with Crippen molar-refractivity contribution in [1.29, 1.82) is 5.26 Å². The number of piperazine rings is 1. The van der Waals surface area contributed by atoms with Crippen LogP contribution in [0.1, 0.15) is 18.1 Å². The van der Waals surface area contributed by atoms with Crippen LogP contribution in [0.5, 0.6) is 5.75 Å².